The van der Waals surface area contributed by atoms with Gasteiger partial charge in [-0.3, -0.25) is 0 Å². The first kappa shape index (κ1) is 12.0. The zero-order valence-electron chi connectivity index (χ0n) is 10.3. The van der Waals surface area contributed by atoms with Crippen LogP contribution in [-0.4, -0.2) is 25.8 Å². The summed E-state index contributed by atoms with van der Waals surface area (Å²) in [6.07, 6.45) is 0.802. The fourth-order valence-corrected chi connectivity index (χ4v) is 3.35. The van der Waals surface area contributed by atoms with E-state index in [-0.39, 0.29) is 11.5 Å². The molecule has 1 fully saturated rings. The van der Waals surface area contributed by atoms with Gasteiger partial charge in [-0.2, -0.15) is 5.26 Å². The number of halogens is 1. The molecule has 0 N–H and O–H groups in total. The second kappa shape index (κ2) is 4.25. The maximum absolute atomic E-state index is 9.53. The third-order valence-corrected chi connectivity index (χ3v) is 4.53. The molecule has 0 aliphatic carbocycles. The average Bonchev–Trinajstić information content (AvgIpc) is 2.40. The van der Waals surface area contributed by atoms with Gasteiger partial charge in [0.2, 0.25) is 0 Å². The maximum Gasteiger partial charge on any atom is 0.0812 e. The smallest absolute Gasteiger partial charge is 0.0812 e. The molecule has 4 heteroatoms. The van der Waals surface area contributed by atoms with Crippen LogP contribution in [0, 0.1) is 16.7 Å². The number of hydrogen-bond acceptors (Lipinski definition) is 3. The van der Waals surface area contributed by atoms with Crippen molar-refractivity contribution in [1.29, 1.82) is 5.26 Å². The summed E-state index contributed by atoms with van der Waals surface area (Å²) in [6.45, 7) is 4.30. The van der Waals surface area contributed by atoms with E-state index in [4.69, 9.17) is 4.74 Å². The van der Waals surface area contributed by atoms with Crippen LogP contribution in [0.1, 0.15) is 12.5 Å². The molecule has 0 saturated carbocycles. The average molecular weight is 307 g/mol. The number of benzene rings is 1. The van der Waals surface area contributed by atoms with E-state index in [1.165, 1.54) is 11.3 Å². The molecule has 1 aromatic carbocycles. The van der Waals surface area contributed by atoms with Gasteiger partial charge < -0.3 is 9.64 Å². The monoisotopic (exact) mass is 306 g/mol. The van der Waals surface area contributed by atoms with Gasteiger partial charge in [-0.25, -0.2) is 0 Å². The zero-order chi connectivity index (χ0) is 12.8. The Morgan fingerprint density at radius 3 is 3.17 bits per heavy atom. The molecule has 0 radical (unpaired) electrons. The molecule has 0 aromatic heterocycles. The van der Waals surface area contributed by atoms with Crippen molar-refractivity contribution in [2.45, 2.75) is 19.4 Å². The largest absolute Gasteiger partial charge is 0.377 e. The van der Waals surface area contributed by atoms with Crippen molar-refractivity contribution in [3.8, 4) is 6.07 Å². The van der Waals surface area contributed by atoms with Gasteiger partial charge in [0.05, 0.1) is 30.7 Å². The summed E-state index contributed by atoms with van der Waals surface area (Å²) in [4.78, 5) is 2.34. The molecule has 2 atom stereocenters. The third kappa shape index (κ3) is 1.73. The van der Waals surface area contributed by atoms with E-state index in [9.17, 15) is 5.26 Å². The van der Waals surface area contributed by atoms with Gasteiger partial charge in [0.25, 0.3) is 0 Å². The molecular weight excluding hydrogens is 292 g/mol. The Bertz CT molecular complexity index is 525. The molecule has 0 bridgehead atoms. The number of nitrogens with zero attached hydrogens (tertiary/aromatic N) is 2. The molecule has 18 heavy (non-hydrogen) atoms. The first-order valence-corrected chi connectivity index (χ1v) is 6.97. The van der Waals surface area contributed by atoms with E-state index >= 15 is 0 Å². The van der Waals surface area contributed by atoms with Crippen LogP contribution in [0.5, 0.6) is 0 Å². The summed E-state index contributed by atoms with van der Waals surface area (Å²) < 4.78 is 6.67. The predicted molar refractivity (Wildman–Crippen MR) is 73.5 cm³/mol. The number of ether oxygens (including phenoxy) is 1. The first-order chi connectivity index (χ1) is 8.64. The molecule has 94 valence electrons. The van der Waals surface area contributed by atoms with Crippen LogP contribution >= 0.6 is 15.9 Å². The molecule has 0 unspecified atom stereocenters. The molecule has 0 spiro atoms. The highest BCUT2D eigenvalue weighted by Gasteiger charge is 2.45. The third-order valence-electron chi connectivity index (χ3n) is 4.03. The molecule has 2 aliphatic heterocycles. The van der Waals surface area contributed by atoms with Gasteiger partial charge in [0.15, 0.2) is 0 Å². The van der Waals surface area contributed by atoms with Crippen LogP contribution in [0.2, 0.25) is 0 Å². The fraction of sp³-hybridized carbons (Fsp3) is 0.500. The summed E-state index contributed by atoms with van der Waals surface area (Å²) in [5.74, 6) is 0. The van der Waals surface area contributed by atoms with Gasteiger partial charge >= 0.3 is 0 Å². The Morgan fingerprint density at radius 2 is 2.39 bits per heavy atom. The molecule has 0 amide bonds. The maximum atomic E-state index is 9.53. The lowest BCUT2D eigenvalue weighted by Crippen LogP contribution is -2.57. The number of nitriles is 1. The number of morpholine rings is 1. The standard InChI is InChI=1S/C14H15BrN2O/c1-14(9-16)7-10-2-3-11(15)6-12(10)17-4-5-18-8-13(14)17/h2-3,6,13H,4-5,7-8H2,1H3/t13-,14-/m0/s1. The van der Waals surface area contributed by atoms with Crippen LogP contribution in [-0.2, 0) is 11.2 Å². The van der Waals surface area contributed by atoms with Crippen LogP contribution in [0.25, 0.3) is 0 Å². The highest BCUT2D eigenvalue weighted by Crippen LogP contribution is 2.42. The molecule has 3 rings (SSSR count). The molecule has 3 nitrogen and oxygen atoms in total. The highest BCUT2D eigenvalue weighted by atomic mass is 79.9. The lowest BCUT2D eigenvalue weighted by atomic mass is 9.73. The topological polar surface area (TPSA) is 36.3 Å². The van der Waals surface area contributed by atoms with Crippen LogP contribution < -0.4 is 4.90 Å². The van der Waals surface area contributed by atoms with Crippen molar-refractivity contribution >= 4 is 21.6 Å². The summed E-state index contributed by atoms with van der Waals surface area (Å²) in [5, 5.41) is 9.53. The van der Waals surface area contributed by atoms with Crippen molar-refractivity contribution in [3.05, 3.63) is 28.2 Å². The SMILES string of the molecule is C[C@@]1(C#N)Cc2ccc(Br)cc2N2CCOC[C@H]21. The van der Waals surface area contributed by atoms with Gasteiger partial charge in [-0.15, -0.1) is 0 Å². The second-order valence-corrected chi connectivity index (χ2v) is 6.18. The Labute approximate surface area is 115 Å². The van der Waals surface area contributed by atoms with Crippen LogP contribution in [0.3, 0.4) is 0 Å². The van der Waals surface area contributed by atoms with Gasteiger partial charge in [-0.1, -0.05) is 22.0 Å². The van der Waals surface area contributed by atoms with Gasteiger partial charge in [-0.05, 0) is 31.0 Å². The summed E-state index contributed by atoms with van der Waals surface area (Å²) in [7, 11) is 0. The normalized spacial score (nSPS) is 30.3. The molecule has 2 aliphatic rings. The Balaban J connectivity index is 2.12. The lowest BCUT2D eigenvalue weighted by molar-refractivity contribution is 0.0599. The van der Waals surface area contributed by atoms with Crippen molar-refractivity contribution in [2.75, 3.05) is 24.7 Å². The Morgan fingerprint density at radius 1 is 1.56 bits per heavy atom. The fourth-order valence-electron chi connectivity index (χ4n) is 3.00. The number of hydrogen-bond donors (Lipinski definition) is 0. The minimum atomic E-state index is -0.360. The van der Waals surface area contributed by atoms with E-state index in [0.29, 0.717) is 6.61 Å². The number of anilines is 1. The molecule has 1 saturated heterocycles. The number of fused-ring (bicyclic) bond motifs is 3. The van der Waals surface area contributed by atoms with Gasteiger partial charge in [0, 0.05) is 16.7 Å². The second-order valence-electron chi connectivity index (χ2n) is 5.26. The van der Waals surface area contributed by atoms with Crippen molar-refractivity contribution in [3.63, 3.8) is 0 Å². The molecule has 2 heterocycles. The lowest BCUT2D eigenvalue weighted by Gasteiger charge is -2.48. The zero-order valence-corrected chi connectivity index (χ0v) is 11.9. The van der Waals surface area contributed by atoms with E-state index in [0.717, 1.165) is 24.0 Å². The van der Waals surface area contributed by atoms with Crippen LogP contribution in [0.4, 0.5) is 5.69 Å². The minimum absolute atomic E-state index is 0.165. The van der Waals surface area contributed by atoms with Crippen molar-refractivity contribution in [1.82, 2.24) is 0 Å². The van der Waals surface area contributed by atoms with Crippen LogP contribution in [0.15, 0.2) is 22.7 Å². The molecular formula is C14H15BrN2O. The Kier molecular flexibility index (Phi) is 2.84. The molecule has 1 aromatic rings. The Hall–Kier alpha value is -1.05. The minimum Gasteiger partial charge on any atom is -0.377 e. The summed E-state index contributed by atoms with van der Waals surface area (Å²) >= 11 is 3.53. The first-order valence-electron chi connectivity index (χ1n) is 6.18. The number of rotatable bonds is 0. The van der Waals surface area contributed by atoms with E-state index in [1.807, 2.05) is 6.92 Å². The van der Waals surface area contributed by atoms with Gasteiger partial charge in [0.1, 0.15) is 0 Å². The van der Waals surface area contributed by atoms with Crippen molar-refractivity contribution in [2.24, 2.45) is 5.41 Å². The highest BCUT2D eigenvalue weighted by molar-refractivity contribution is 9.10. The van der Waals surface area contributed by atoms with Crippen molar-refractivity contribution < 1.29 is 4.74 Å². The van der Waals surface area contributed by atoms with E-state index < -0.39 is 0 Å². The summed E-state index contributed by atoms with van der Waals surface area (Å²) in [5.41, 5.74) is 2.16. The summed E-state index contributed by atoms with van der Waals surface area (Å²) in [6, 6.07) is 9.00. The van der Waals surface area contributed by atoms with E-state index in [2.05, 4.69) is 45.1 Å². The van der Waals surface area contributed by atoms with E-state index in [1.54, 1.807) is 0 Å². The quantitative estimate of drug-likeness (QED) is 0.739. The predicted octanol–water partition coefficient (Wildman–Crippen LogP) is 2.74.